The van der Waals surface area contributed by atoms with Gasteiger partial charge in [0, 0.05) is 22.3 Å². The maximum atomic E-state index is 12.4. The lowest BCUT2D eigenvalue weighted by atomic mass is 10.1. The second-order valence-corrected chi connectivity index (χ2v) is 17.7. The Hall–Kier alpha value is -1.64. The lowest BCUT2D eigenvalue weighted by molar-refractivity contribution is -0.225. The molecule has 0 bridgehead atoms. The molecule has 5 heterocycles. The number of fused-ring (bicyclic) bond motifs is 2. The Morgan fingerprint density at radius 1 is 1.05 bits per heavy atom. The Bertz CT molecular complexity index is 1170. The van der Waals surface area contributed by atoms with E-state index in [4.69, 9.17) is 32.5 Å². The van der Waals surface area contributed by atoms with Gasteiger partial charge in [-0.1, -0.05) is 47.6 Å². The van der Waals surface area contributed by atoms with Crippen molar-refractivity contribution in [1.29, 1.82) is 0 Å². The molecule has 38 heavy (non-hydrogen) atoms. The van der Waals surface area contributed by atoms with Crippen LogP contribution in [0.15, 0.2) is 34.0 Å². The van der Waals surface area contributed by atoms with Gasteiger partial charge in [-0.2, -0.15) is 0 Å². The van der Waals surface area contributed by atoms with E-state index in [1.165, 1.54) is 16.8 Å². The molecule has 1 N–H and O–H groups in total. The molecule has 0 spiro atoms. The summed E-state index contributed by atoms with van der Waals surface area (Å²) in [5.41, 5.74) is -1.06. The highest BCUT2D eigenvalue weighted by Crippen LogP contribution is 2.54. The number of H-pyrrole nitrogens is 1. The fraction of sp³-hybridized carbons (Fsp3) is 0.769. The van der Waals surface area contributed by atoms with Crippen LogP contribution in [0.5, 0.6) is 0 Å². The molecule has 212 valence electrons. The zero-order valence-corrected chi connectivity index (χ0v) is 24.4. The molecule has 0 unspecified atom stereocenters. The van der Waals surface area contributed by atoms with Crippen molar-refractivity contribution in [3.63, 3.8) is 0 Å². The molecule has 0 amide bonds. The standard InChI is InChI=1S/C26H40N2O9Si/c1-24(2,3)38(25(4,5)6)32-14-16-15(37-38)9-10-19(33-16)31-13-17-20-21(36-26(7,8)35-20)22(34-17)28-12-11-18(29)27-23(28)30/h9-12,15-17,19-22H,13-14H2,1-8H3,(H,27,29,30)/t15-,16-,17-,19+,20-,21-,22-/m1/s1. The third-order valence-corrected chi connectivity index (χ3v) is 12.7. The quantitative estimate of drug-likeness (QED) is 0.444. The Morgan fingerprint density at radius 2 is 1.74 bits per heavy atom. The van der Waals surface area contributed by atoms with Gasteiger partial charge in [0.05, 0.1) is 19.3 Å². The van der Waals surface area contributed by atoms with Crippen molar-refractivity contribution in [3.05, 3.63) is 45.3 Å². The molecular weight excluding hydrogens is 512 g/mol. The molecule has 5 rings (SSSR count). The summed E-state index contributed by atoms with van der Waals surface area (Å²) in [5, 5.41) is -0.232. The number of ether oxygens (including phenoxy) is 5. The van der Waals surface area contributed by atoms with Crippen LogP contribution in [-0.4, -0.2) is 73.9 Å². The van der Waals surface area contributed by atoms with Gasteiger partial charge in [-0.3, -0.25) is 14.3 Å². The lowest BCUT2D eigenvalue weighted by Gasteiger charge is -2.54. The van der Waals surface area contributed by atoms with E-state index in [1.807, 2.05) is 26.0 Å². The normalized spacial score (nSPS) is 36.2. The van der Waals surface area contributed by atoms with Gasteiger partial charge in [0.2, 0.25) is 0 Å². The van der Waals surface area contributed by atoms with Crippen LogP contribution in [0.1, 0.15) is 61.6 Å². The summed E-state index contributed by atoms with van der Waals surface area (Å²) < 4.78 is 45.2. The van der Waals surface area contributed by atoms with Crippen molar-refractivity contribution in [3.8, 4) is 0 Å². The predicted octanol–water partition coefficient (Wildman–Crippen LogP) is 2.71. The largest absolute Gasteiger partial charge is 0.391 e. The number of nitrogens with one attached hydrogen (secondary N) is 1. The number of hydrogen-bond acceptors (Lipinski definition) is 9. The average Bonchev–Trinajstić information content (AvgIpc) is 3.28. The third-order valence-electron chi connectivity index (χ3n) is 7.54. The van der Waals surface area contributed by atoms with E-state index in [1.54, 1.807) is 0 Å². The minimum Gasteiger partial charge on any atom is -0.391 e. The highest BCUT2D eigenvalue weighted by molar-refractivity contribution is 6.73. The Balaban J connectivity index is 1.27. The molecule has 1 aromatic heterocycles. The molecule has 1 aromatic rings. The SMILES string of the molecule is CC1(C)O[C@@H]2[C@H](O1)[C@@H](CO[C@@H]1C=C[C@H]3O[Si](C(C)(C)C)(C(C)(C)C)OC[C@H]3O1)O[C@H]2n1ccc(=O)[nH]c1=O. The predicted molar refractivity (Wildman–Crippen MR) is 139 cm³/mol. The summed E-state index contributed by atoms with van der Waals surface area (Å²) >= 11 is 0. The number of nitrogens with zero attached hydrogens (tertiary/aromatic N) is 1. The van der Waals surface area contributed by atoms with Crippen LogP contribution in [0.4, 0.5) is 0 Å². The maximum Gasteiger partial charge on any atom is 0.349 e. The summed E-state index contributed by atoms with van der Waals surface area (Å²) in [6, 6.07) is 1.27. The molecule has 3 saturated heterocycles. The van der Waals surface area contributed by atoms with Gasteiger partial charge in [0.25, 0.3) is 5.56 Å². The monoisotopic (exact) mass is 552 g/mol. The fourth-order valence-corrected chi connectivity index (χ4v) is 11.0. The van der Waals surface area contributed by atoms with Crippen LogP contribution < -0.4 is 11.2 Å². The van der Waals surface area contributed by atoms with E-state index < -0.39 is 56.4 Å². The van der Waals surface area contributed by atoms with Gasteiger partial charge in [0.15, 0.2) is 18.3 Å². The van der Waals surface area contributed by atoms with Crippen molar-refractivity contribution < 1.29 is 32.5 Å². The first kappa shape index (κ1) is 27.9. The van der Waals surface area contributed by atoms with Gasteiger partial charge >= 0.3 is 14.3 Å². The van der Waals surface area contributed by atoms with E-state index >= 15 is 0 Å². The van der Waals surface area contributed by atoms with Crippen LogP contribution in [0, 0.1) is 0 Å². The van der Waals surface area contributed by atoms with E-state index in [2.05, 4.69) is 46.5 Å². The first-order chi connectivity index (χ1) is 17.6. The lowest BCUT2D eigenvalue weighted by Crippen LogP contribution is -2.65. The summed E-state index contributed by atoms with van der Waals surface area (Å²) in [7, 11) is -2.60. The van der Waals surface area contributed by atoms with Gasteiger partial charge < -0.3 is 32.5 Å². The number of rotatable bonds is 4. The summed E-state index contributed by atoms with van der Waals surface area (Å²) in [4.78, 5) is 26.2. The number of aromatic amines is 1. The van der Waals surface area contributed by atoms with E-state index in [-0.39, 0.29) is 28.9 Å². The second-order valence-electron chi connectivity index (χ2n) is 12.9. The van der Waals surface area contributed by atoms with Crippen LogP contribution in [0.3, 0.4) is 0 Å². The molecule has 0 aromatic carbocycles. The minimum atomic E-state index is -2.60. The Kier molecular flexibility index (Phi) is 6.96. The molecule has 11 nitrogen and oxygen atoms in total. The van der Waals surface area contributed by atoms with Gasteiger partial charge in [-0.25, -0.2) is 4.79 Å². The molecule has 0 aliphatic carbocycles. The minimum absolute atomic E-state index is 0.116. The van der Waals surface area contributed by atoms with Crippen molar-refractivity contribution in [2.45, 2.75) is 114 Å². The number of aromatic nitrogens is 2. The highest BCUT2D eigenvalue weighted by Gasteiger charge is 2.62. The van der Waals surface area contributed by atoms with Gasteiger partial charge in [-0.15, -0.1) is 0 Å². The van der Waals surface area contributed by atoms with Gasteiger partial charge in [-0.05, 0) is 19.9 Å². The molecule has 0 radical (unpaired) electrons. The molecule has 0 saturated carbocycles. The van der Waals surface area contributed by atoms with E-state index in [0.717, 1.165) is 0 Å². The Morgan fingerprint density at radius 3 is 2.39 bits per heavy atom. The average molecular weight is 553 g/mol. The third kappa shape index (κ3) is 4.90. The smallest absolute Gasteiger partial charge is 0.349 e. The first-order valence-corrected chi connectivity index (χ1v) is 15.0. The van der Waals surface area contributed by atoms with Crippen molar-refractivity contribution >= 4 is 8.56 Å². The second kappa shape index (κ2) is 9.48. The molecule has 7 atom stereocenters. The molecule has 3 fully saturated rings. The zero-order chi connectivity index (χ0) is 27.7. The number of hydrogen-bond donors (Lipinski definition) is 1. The molecular formula is C26H40N2O9Si. The van der Waals surface area contributed by atoms with Crippen LogP contribution in [0.25, 0.3) is 0 Å². The van der Waals surface area contributed by atoms with E-state index in [0.29, 0.717) is 6.61 Å². The van der Waals surface area contributed by atoms with Crippen molar-refractivity contribution in [2.75, 3.05) is 13.2 Å². The topological polar surface area (TPSA) is 119 Å². The summed E-state index contributed by atoms with van der Waals surface area (Å²) in [6.07, 6.45) is 1.84. The fourth-order valence-electron chi connectivity index (χ4n) is 6.13. The molecule has 4 aliphatic heterocycles. The zero-order valence-electron chi connectivity index (χ0n) is 23.4. The van der Waals surface area contributed by atoms with Crippen molar-refractivity contribution in [2.24, 2.45) is 0 Å². The summed E-state index contributed by atoms with van der Waals surface area (Å²) in [5.74, 6) is -0.858. The van der Waals surface area contributed by atoms with E-state index in [9.17, 15) is 9.59 Å². The van der Waals surface area contributed by atoms with Crippen LogP contribution >= 0.6 is 0 Å². The Labute approximate surface area is 223 Å². The molecule has 12 heteroatoms. The highest BCUT2D eigenvalue weighted by atomic mass is 28.4. The van der Waals surface area contributed by atoms with Crippen molar-refractivity contribution in [1.82, 2.24) is 9.55 Å². The summed E-state index contributed by atoms with van der Waals surface area (Å²) in [6.45, 7) is 17.3. The molecule has 4 aliphatic rings. The maximum absolute atomic E-state index is 12.4. The van der Waals surface area contributed by atoms with Gasteiger partial charge in [0.1, 0.15) is 24.4 Å². The van der Waals surface area contributed by atoms with Crippen LogP contribution in [0.2, 0.25) is 10.1 Å². The van der Waals surface area contributed by atoms with Crippen LogP contribution in [-0.2, 0) is 32.5 Å². The first-order valence-electron chi connectivity index (χ1n) is 13.2.